The first-order valence-electron chi connectivity index (χ1n) is 5.05. The molecule has 0 aromatic heterocycles. The van der Waals surface area contributed by atoms with Gasteiger partial charge >= 0.3 is 0 Å². The summed E-state index contributed by atoms with van der Waals surface area (Å²) in [6, 6.07) is 0. The number of hydrogen-bond acceptors (Lipinski definition) is 0. The van der Waals surface area contributed by atoms with Crippen LogP contribution >= 0.6 is 0 Å². The van der Waals surface area contributed by atoms with Crippen LogP contribution in [0.4, 0.5) is 0 Å². The smallest absolute Gasteiger partial charge is 0.0173 e. The molecule has 0 aliphatic rings. The molecule has 0 saturated heterocycles. The van der Waals surface area contributed by atoms with Crippen LogP contribution in [0, 0.1) is 11.8 Å². The molecule has 0 aromatic carbocycles. The van der Waals surface area contributed by atoms with Crippen LogP contribution < -0.4 is 0 Å². The predicted molar refractivity (Wildman–Crippen MR) is 57.2 cm³/mol. The van der Waals surface area contributed by atoms with Crippen LogP contribution in [0.2, 0.25) is 0 Å². The molecule has 0 bridgehead atoms. The molecule has 0 rings (SSSR count). The van der Waals surface area contributed by atoms with E-state index in [2.05, 4.69) is 52.0 Å². The first-order chi connectivity index (χ1) is 5.79. The van der Waals surface area contributed by atoms with Crippen LogP contribution in [0.5, 0.6) is 0 Å². The Kier molecular flexibility index (Phi) is 6.84. The van der Waals surface area contributed by atoms with Crippen LogP contribution in [0.15, 0.2) is 24.3 Å². The molecule has 0 aliphatic carbocycles. The summed E-state index contributed by atoms with van der Waals surface area (Å²) < 4.78 is 0. The predicted octanol–water partition coefficient (Wildman–Crippen LogP) is 4.19. The zero-order chi connectivity index (χ0) is 9.40. The van der Waals surface area contributed by atoms with Gasteiger partial charge in [-0.15, -0.1) is 0 Å². The maximum atomic E-state index is 2.33. The molecule has 2 unspecified atom stereocenters. The molecule has 0 saturated carbocycles. The van der Waals surface area contributed by atoms with Crippen molar-refractivity contribution >= 4 is 0 Å². The minimum atomic E-state index is 0.733. The van der Waals surface area contributed by atoms with Crippen LogP contribution in [0.3, 0.4) is 0 Å². The van der Waals surface area contributed by atoms with Gasteiger partial charge in [0.2, 0.25) is 0 Å². The summed E-state index contributed by atoms with van der Waals surface area (Å²) in [5.74, 6) is 1.47. The average molecular weight is 166 g/mol. The maximum absolute atomic E-state index is 2.33. The third-order valence-corrected chi connectivity index (χ3v) is 2.37. The van der Waals surface area contributed by atoms with E-state index in [0.29, 0.717) is 0 Å². The van der Waals surface area contributed by atoms with Crippen molar-refractivity contribution in [3.8, 4) is 0 Å². The Labute approximate surface area is 77.4 Å². The largest absolute Gasteiger partial charge is 0.0914 e. The van der Waals surface area contributed by atoms with Gasteiger partial charge in [0.25, 0.3) is 0 Å². The van der Waals surface area contributed by atoms with E-state index < -0.39 is 0 Å². The molecule has 0 aromatic rings. The maximum Gasteiger partial charge on any atom is -0.0173 e. The Bertz CT molecular complexity index is 124. The second-order valence-electron chi connectivity index (χ2n) is 3.20. The Morgan fingerprint density at radius 2 is 1.17 bits per heavy atom. The standard InChI is InChI=1S/C12H22/c1-5-9-11(7-3)12(8-4)10-6-2/h5-6,9-12H,7-8H2,1-4H3. The highest BCUT2D eigenvalue weighted by Gasteiger charge is 2.11. The third-order valence-electron chi connectivity index (χ3n) is 2.37. The zero-order valence-corrected chi connectivity index (χ0v) is 8.88. The highest BCUT2D eigenvalue weighted by molar-refractivity contribution is 4.96. The van der Waals surface area contributed by atoms with Crippen LogP contribution in [-0.2, 0) is 0 Å². The van der Waals surface area contributed by atoms with E-state index in [4.69, 9.17) is 0 Å². The third kappa shape index (κ3) is 3.75. The van der Waals surface area contributed by atoms with Crippen molar-refractivity contribution in [3.63, 3.8) is 0 Å². The van der Waals surface area contributed by atoms with Crippen LogP contribution in [-0.4, -0.2) is 0 Å². The van der Waals surface area contributed by atoms with E-state index in [-0.39, 0.29) is 0 Å². The fourth-order valence-corrected chi connectivity index (χ4v) is 1.66. The fourth-order valence-electron chi connectivity index (χ4n) is 1.66. The lowest BCUT2D eigenvalue weighted by Crippen LogP contribution is -2.08. The van der Waals surface area contributed by atoms with E-state index in [1.807, 2.05) is 0 Å². The molecule has 0 radical (unpaired) electrons. The second-order valence-corrected chi connectivity index (χ2v) is 3.20. The van der Waals surface area contributed by atoms with Crippen molar-refractivity contribution < 1.29 is 0 Å². The summed E-state index contributed by atoms with van der Waals surface area (Å²) >= 11 is 0. The minimum Gasteiger partial charge on any atom is -0.0914 e. The lowest BCUT2D eigenvalue weighted by atomic mass is 9.87. The summed E-state index contributed by atoms with van der Waals surface area (Å²) in [4.78, 5) is 0. The molecule has 0 nitrogen and oxygen atoms in total. The van der Waals surface area contributed by atoms with Gasteiger partial charge in [0, 0.05) is 0 Å². The molecule has 0 heteroatoms. The van der Waals surface area contributed by atoms with Crippen molar-refractivity contribution in [2.24, 2.45) is 11.8 Å². The van der Waals surface area contributed by atoms with Crippen molar-refractivity contribution in [3.05, 3.63) is 24.3 Å². The molecular formula is C12H22. The fraction of sp³-hybridized carbons (Fsp3) is 0.667. The van der Waals surface area contributed by atoms with Crippen LogP contribution in [0.25, 0.3) is 0 Å². The van der Waals surface area contributed by atoms with Crippen molar-refractivity contribution in [2.45, 2.75) is 40.5 Å². The van der Waals surface area contributed by atoms with E-state index in [1.165, 1.54) is 12.8 Å². The lowest BCUT2D eigenvalue weighted by molar-refractivity contribution is 0.449. The Balaban J connectivity index is 4.21. The SMILES string of the molecule is CC=CC(CC)C(C=CC)CC. The van der Waals surface area contributed by atoms with Crippen molar-refractivity contribution in [1.29, 1.82) is 0 Å². The summed E-state index contributed by atoms with van der Waals surface area (Å²) in [7, 11) is 0. The lowest BCUT2D eigenvalue weighted by Gasteiger charge is -2.18. The van der Waals surface area contributed by atoms with Gasteiger partial charge in [-0.05, 0) is 38.5 Å². The minimum absolute atomic E-state index is 0.733. The number of rotatable bonds is 5. The van der Waals surface area contributed by atoms with Gasteiger partial charge in [0.05, 0.1) is 0 Å². The number of hydrogen-bond donors (Lipinski definition) is 0. The first kappa shape index (κ1) is 11.5. The van der Waals surface area contributed by atoms with E-state index in [9.17, 15) is 0 Å². The van der Waals surface area contributed by atoms with Gasteiger partial charge in [-0.25, -0.2) is 0 Å². The van der Waals surface area contributed by atoms with Gasteiger partial charge in [-0.3, -0.25) is 0 Å². The van der Waals surface area contributed by atoms with E-state index in [0.717, 1.165) is 11.8 Å². The van der Waals surface area contributed by atoms with Gasteiger partial charge in [0.15, 0.2) is 0 Å². The first-order valence-corrected chi connectivity index (χ1v) is 5.05. The van der Waals surface area contributed by atoms with Gasteiger partial charge in [0.1, 0.15) is 0 Å². The summed E-state index contributed by atoms with van der Waals surface area (Å²) in [5, 5.41) is 0. The Morgan fingerprint density at radius 1 is 0.833 bits per heavy atom. The molecule has 12 heavy (non-hydrogen) atoms. The monoisotopic (exact) mass is 166 g/mol. The average Bonchev–Trinajstić information content (AvgIpc) is 2.11. The van der Waals surface area contributed by atoms with Gasteiger partial charge in [-0.1, -0.05) is 38.2 Å². The molecule has 0 spiro atoms. The van der Waals surface area contributed by atoms with E-state index >= 15 is 0 Å². The summed E-state index contributed by atoms with van der Waals surface area (Å²) in [6.07, 6.45) is 11.5. The normalized spacial score (nSPS) is 17.3. The molecular weight excluding hydrogens is 144 g/mol. The highest BCUT2D eigenvalue weighted by Crippen LogP contribution is 2.21. The zero-order valence-electron chi connectivity index (χ0n) is 8.88. The number of allylic oxidation sites excluding steroid dienone is 4. The van der Waals surface area contributed by atoms with Gasteiger partial charge < -0.3 is 0 Å². The summed E-state index contributed by atoms with van der Waals surface area (Å²) in [6.45, 7) is 8.73. The molecule has 70 valence electrons. The van der Waals surface area contributed by atoms with Crippen LogP contribution in [0.1, 0.15) is 40.5 Å². The molecule has 0 amide bonds. The Hall–Kier alpha value is -0.520. The molecule has 0 heterocycles. The quantitative estimate of drug-likeness (QED) is 0.537. The highest BCUT2D eigenvalue weighted by atomic mass is 14.2. The molecule has 0 fully saturated rings. The summed E-state index contributed by atoms with van der Waals surface area (Å²) in [5.41, 5.74) is 0. The van der Waals surface area contributed by atoms with Gasteiger partial charge in [-0.2, -0.15) is 0 Å². The topological polar surface area (TPSA) is 0 Å². The van der Waals surface area contributed by atoms with Crippen molar-refractivity contribution in [2.75, 3.05) is 0 Å². The van der Waals surface area contributed by atoms with Crippen molar-refractivity contribution in [1.82, 2.24) is 0 Å². The molecule has 2 atom stereocenters. The van der Waals surface area contributed by atoms with E-state index in [1.54, 1.807) is 0 Å². The molecule has 0 N–H and O–H groups in total. The second kappa shape index (κ2) is 7.15. The Morgan fingerprint density at radius 3 is 1.33 bits per heavy atom. The molecule has 0 aliphatic heterocycles.